The van der Waals surface area contributed by atoms with Gasteiger partial charge < -0.3 is 10.1 Å². The molecule has 0 bridgehead atoms. The molecule has 1 saturated carbocycles. The number of nitriles is 1. The quantitative estimate of drug-likeness (QED) is 0.652. The molecular formula is C19H19N7OS. The minimum absolute atomic E-state index is 0.262. The van der Waals surface area contributed by atoms with Gasteiger partial charge in [-0.25, -0.2) is 4.98 Å². The number of ether oxygens (including phenoxy) is 1. The Morgan fingerprint density at radius 2 is 2.14 bits per heavy atom. The zero-order valence-corrected chi connectivity index (χ0v) is 16.4. The van der Waals surface area contributed by atoms with E-state index < -0.39 is 0 Å². The summed E-state index contributed by atoms with van der Waals surface area (Å²) in [7, 11) is 0. The fraction of sp³-hybridized carbons (Fsp3) is 0.368. The second-order valence-corrected chi connectivity index (χ2v) is 8.03. The van der Waals surface area contributed by atoms with Crippen LogP contribution in [-0.4, -0.2) is 31.8 Å². The van der Waals surface area contributed by atoms with Crippen LogP contribution in [0.25, 0.3) is 0 Å². The molecule has 0 spiro atoms. The molecule has 3 aromatic rings. The Balaban J connectivity index is 1.36. The molecule has 1 fully saturated rings. The third kappa shape index (κ3) is 4.23. The largest absolute Gasteiger partial charge is 0.463 e. The highest BCUT2D eigenvalue weighted by atomic mass is 32.1. The first-order valence-electron chi connectivity index (χ1n) is 8.97. The number of hydrogen-bond acceptors (Lipinski definition) is 9. The van der Waals surface area contributed by atoms with Crippen LogP contribution in [0.2, 0.25) is 0 Å². The first kappa shape index (κ1) is 18.3. The van der Waals surface area contributed by atoms with E-state index in [-0.39, 0.29) is 6.01 Å². The molecule has 9 heteroatoms. The van der Waals surface area contributed by atoms with Crippen LogP contribution in [0.3, 0.4) is 0 Å². The molecule has 3 aromatic heterocycles. The third-order valence-electron chi connectivity index (χ3n) is 4.53. The number of aryl methyl sites for hydroxylation is 2. The minimum Gasteiger partial charge on any atom is -0.463 e. The Morgan fingerprint density at radius 3 is 2.86 bits per heavy atom. The summed E-state index contributed by atoms with van der Waals surface area (Å²) < 4.78 is 5.78. The van der Waals surface area contributed by atoms with Gasteiger partial charge in [0.25, 0.3) is 0 Å². The molecule has 0 radical (unpaired) electrons. The number of hydrogen-bond donors (Lipinski definition) is 1. The predicted molar refractivity (Wildman–Crippen MR) is 104 cm³/mol. The van der Waals surface area contributed by atoms with Crippen LogP contribution < -0.4 is 10.1 Å². The van der Waals surface area contributed by atoms with Crippen molar-refractivity contribution in [3.8, 4) is 12.1 Å². The predicted octanol–water partition coefficient (Wildman–Crippen LogP) is 3.01. The van der Waals surface area contributed by atoms with Crippen molar-refractivity contribution in [2.24, 2.45) is 5.92 Å². The molecule has 0 aromatic carbocycles. The Hall–Kier alpha value is -3.12. The number of rotatable bonds is 7. The van der Waals surface area contributed by atoms with Crippen LogP contribution in [0.4, 0.5) is 5.82 Å². The monoisotopic (exact) mass is 393 g/mol. The number of anilines is 1. The molecule has 1 N–H and O–H groups in total. The lowest BCUT2D eigenvalue weighted by Gasteiger charge is -2.08. The van der Waals surface area contributed by atoms with E-state index in [9.17, 15) is 5.26 Å². The van der Waals surface area contributed by atoms with Gasteiger partial charge in [0, 0.05) is 23.7 Å². The molecule has 0 amide bonds. The Morgan fingerprint density at radius 1 is 1.25 bits per heavy atom. The molecule has 3 heterocycles. The van der Waals surface area contributed by atoms with E-state index in [0.29, 0.717) is 36.4 Å². The highest BCUT2D eigenvalue weighted by Gasteiger charge is 2.40. The van der Waals surface area contributed by atoms with Crippen molar-refractivity contribution in [2.75, 3.05) is 11.9 Å². The first-order chi connectivity index (χ1) is 13.6. The molecule has 1 aliphatic rings. The van der Waals surface area contributed by atoms with Gasteiger partial charge in [0.05, 0.1) is 19.3 Å². The molecule has 4 rings (SSSR count). The van der Waals surface area contributed by atoms with Crippen molar-refractivity contribution in [1.82, 2.24) is 25.1 Å². The maximum Gasteiger partial charge on any atom is 0.318 e. The fourth-order valence-electron chi connectivity index (χ4n) is 2.89. The zero-order chi connectivity index (χ0) is 19.5. The van der Waals surface area contributed by atoms with Gasteiger partial charge in [-0.15, -0.1) is 10.2 Å². The van der Waals surface area contributed by atoms with Gasteiger partial charge in [0.1, 0.15) is 21.6 Å². The van der Waals surface area contributed by atoms with Crippen LogP contribution in [0.15, 0.2) is 24.5 Å². The van der Waals surface area contributed by atoms with Crippen molar-refractivity contribution >= 4 is 17.2 Å². The van der Waals surface area contributed by atoms with E-state index in [2.05, 4.69) is 48.7 Å². The molecule has 8 nitrogen and oxygen atoms in total. The van der Waals surface area contributed by atoms with Gasteiger partial charge in [-0.05, 0) is 31.9 Å². The Kier molecular flexibility index (Phi) is 5.12. The van der Waals surface area contributed by atoms with E-state index >= 15 is 0 Å². The summed E-state index contributed by atoms with van der Waals surface area (Å²) >= 11 is 1.50. The van der Waals surface area contributed by atoms with Crippen LogP contribution in [0, 0.1) is 31.1 Å². The summed E-state index contributed by atoms with van der Waals surface area (Å²) in [6, 6.07) is 6.51. The van der Waals surface area contributed by atoms with E-state index in [1.807, 2.05) is 20.0 Å². The lowest BCUT2D eigenvalue weighted by atomic mass is 10.2. The average molecular weight is 393 g/mol. The van der Waals surface area contributed by atoms with Gasteiger partial charge in [0.2, 0.25) is 0 Å². The van der Waals surface area contributed by atoms with E-state index in [1.54, 1.807) is 0 Å². The number of nitrogens with zero attached hydrogens (tertiary/aromatic N) is 6. The standard InChI is InChI=1S/C19H19N7OS/c1-11-3-4-16(21-7-11)15-5-13(15)10-27-19-23-8-14(6-20)18(24-19)22-9-17-26-25-12(2)28-17/h3-4,7-8,13,15H,5,9-10H2,1-2H3,(H,22,23,24)/t13-,15+/m1/s1. The van der Waals surface area contributed by atoms with Gasteiger partial charge >= 0.3 is 6.01 Å². The van der Waals surface area contributed by atoms with Crippen molar-refractivity contribution in [3.05, 3.63) is 51.4 Å². The van der Waals surface area contributed by atoms with Crippen LogP contribution in [0.1, 0.15) is 39.2 Å². The fourth-order valence-corrected chi connectivity index (χ4v) is 3.54. The van der Waals surface area contributed by atoms with E-state index in [1.165, 1.54) is 17.5 Å². The highest BCUT2D eigenvalue weighted by Crippen LogP contribution is 2.46. The van der Waals surface area contributed by atoms with E-state index in [4.69, 9.17) is 4.74 Å². The molecular weight excluding hydrogens is 374 g/mol. The normalized spacial score (nSPS) is 17.8. The van der Waals surface area contributed by atoms with Gasteiger partial charge in [-0.3, -0.25) is 4.98 Å². The second-order valence-electron chi connectivity index (χ2n) is 6.77. The summed E-state index contributed by atoms with van der Waals surface area (Å²) in [5, 5.41) is 22.2. The first-order valence-corrected chi connectivity index (χ1v) is 9.79. The number of aromatic nitrogens is 5. The number of nitrogens with one attached hydrogen (secondary N) is 1. The zero-order valence-electron chi connectivity index (χ0n) is 15.6. The third-order valence-corrected chi connectivity index (χ3v) is 5.36. The molecule has 2 atom stereocenters. The molecule has 28 heavy (non-hydrogen) atoms. The lowest BCUT2D eigenvalue weighted by Crippen LogP contribution is -2.08. The average Bonchev–Trinajstić information content (AvgIpc) is 3.37. The van der Waals surface area contributed by atoms with Gasteiger partial charge in [-0.1, -0.05) is 17.4 Å². The molecule has 1 aliphatic carbocycles. The van der Waals surface area contributed by atoms with Crippen molar-refractivity contribution in [2.45, 2.75) is 32.7 Å². The van der Waals surface area contributed by atoms with E-state index in [0.717, 1.165) is 27.7 Å². The highest BCUT2D eigenvalue weighted by molar-refractivity contribution is 7.11. The van der Waals surface area contributed by atoms with Gasteiger partial charge in [0.15, 0.2) is 5.82 Å². The minimum atomic E-state index is 0.262. The summed E-state index contributed by atoms with van der Waals surface area (Å²) in [5.74, 6) is 1.28. The van der Waals surface area contributed by atoms with Crippen molar-refractivity contribution < 1.29 is 4.74 Å². The summed E-state index contributed by atoms with van der Waals surface area (Å²) in [6.45, 7) is 4.90. The van der Waals surface area contributed by atoms with Crippen LogP contribution in [0.5, 0.6) is 6.01 Å². The summed E-state index contributed by atoms with van der Waals surface area (Å²) in [5.41, 5.74) is 2.63. The second kappa shape index (κ2) is 7.86. The lowest BCUT2D eigenvalue weighted by molar-refractivity contribution is 0.274. The molecule has 142 valence electrons. The van der Waals surface area contributed by atoms with Crippen molar-refractivity contribution in [3.63, 3.8) is 0 Å². The SMILES string of the molecule is Cc1ccc([C@H]2C[C@@H]2COc2ncc(C#N)c(NCc3nnc(C)s3)n2)nc1. The maximum atomic E-state index is 9.28. The number of pyridine rings is 1. The maximum absolute atomic E-state index is 9.28. The molecule has 0 aliphatic heterocycles. The summed E-state index contributed by atoms with van der Waals surface area (Å²) in [6.07, 6.45) is 4.42. The summed E-state index contributed by atoms with van der Waals surface area (Å²) in [4.78, 5) is 13.0. The smallest absolute Gasteiger partial charge is 0.318 e. The van der Waals surface area contributed by atoms with Crippen molar-refractivity contribution in [1.29, 1.82) is 5.26 Å². The topological polar surface area (TPSA) is 110 Å². The Bertz CT molecular complexity index is 1010. The Labute approximate surface area is 166 Å². The van der Waals surface area contributed by atoms with Crippen LogP contribution in [-0.2, 0) is 6.54 Å². The van der Waals surface area contributed by atoms with Gasteiger partial charge in [-0.2, -0.15) is 10.2 Å². The molecule has 0 unspecified atom stereocenters. The van der Waals surface area contributed by atoms with Crippen LogP contribution >= 0.6 is 11.3 Å². The molecule has 0 saturated heterocycles.